The highest BCUT2D eigenvalue weighted by Gasteiger charge is 2.21. The van der Waals surface area contributed by atoms with Gasteiger partial charge in [-0.3, -0.25) is 9.36 Å². The van der Waals surface area contributed by atoms with Crippen LogP contribution in [-0.4, -0.2) is 10.5 Å². The molecule has 4 heteroatoms. The van der Waals surface area contributed by atoms with Crippen molar-refractivity contribution < 1.29 is 4.79 Å². The van der Waals surface area contributed by atoms with Crippen LogP contribution in [0.2, 0.25) is 0 Å². The Labute approximate surface area is 105 Å². The number of anilines is 1. The minimum atomic E-state index is -0.198. The van der Waals surface area contributed by atoms with Crippen molar-refractivity contribution in [2.75, 3.05) is 5.73 Å². The van der Waals surface area contributed by atoms with E-state index in [0.29, 0.717) is 11.3 Å². The van der Waals surface area contributed by atoms with Crippen LogP contribution in [0.5, 0.6) is 0 Å². The summed E-state index contributed by atoms with van der Waals surface area (Å²) in [6.07, 6.45) is 0. The van der Waals surface area contributed by atoms with Gasteiger partial charge in [0.15, 0.2) is 0 Å². The van der Waals surface area contributed by atoms with Crippen molar-refractivity contribution in [3.63, 3.8) is 0 Å². The van der Waals surface area contributed by atoms with Gasteiger partial charge in [-0.2, -0.15) is 5.26 Å². The first-order valence-corrected chi connectivity index (χ1v) is 5.55. The third-order valence-corrected chi connectivity index (χ3v) is 2.92. The second-order valence-electron chi connectivity index (χ2n) is 4.07. The average molecular weight is 239 g/mol. The zero-order valence-corrected chi connectivity index (χ0v) is 10.3. The number of nitrogen functional groups attached to an aromatic ring is 1. The molecule has 1 aromatic carbocycles. The third-order valence-electron chi connectivity index (χ3n) is 2.92. The Balaban J connectivity index is 2.83. The molecule has 0 amide bonds. The summed E-state index contributed by atoms with van der Waals surface area (Å²) in [5.74, 6) is 0.0114. The van der Waals surface area contributed by atoms with Gasteiger partial charge >= 0.3 is 0 Å². The number of nitrogens with zero attached hydrogens (tertiary/aromatic N) is 2. The number of carbonyl (C=O) groups excluding carboxylic acids is 1. The zero-order valence-electron chi connectivity index (χ0n) is 10.3. The summed E-state index contributed by atoms with van der Waals surface area (Å²) in [4.78, 5) is 11.7. The van der Waals surface area contributed by atoms with Crippen molar-refractivity contribution in [3.8, 4) is 17.3 Å². The summed E-state index contributed by atoms with van der Waals surface area (Å²) in [5.41, 5.74) is 8.54. The molecule has 90 valence electrons. The molecular weight excluding hydrogens is 226 g/mol. The Morgan fingerprint density at radius 3 is 2.44 bits per heavy atom. The van der Waals surface area contributed by atoms with E-state index in [1.54, 1.807) is 6.92 Å². The van der Waals surface area contributed by atoms with Crippen LogP contribution >= 0.6 is 0 Å². The molecule has 0 fully saturated rings. The molecule has 0 radical (unpaired) electrons. The predicted molar refractivity (Wildman–Crippen MR) is 70.0 cm³/mol. The normalized spacial score (nSPS) is 10.1. The van der Waals surface area contributed by atoms with E-state index in [0.717, 1.165) is 11.1 Å². The van der Waals surface area contributed by atoms with E-state index in [2.05, 4.69) is 6.07 Å². The van der Waals surface area contributed by atoms with Gasteiger partial charge in [0.2, 0.25) is 5.91 Å². The monoisotopic (exact) mass is 239 g/mol. The highest BCUT2D eigenvalue weighted by Crippen LogP contribution is 2.32. The lowest BCUT2D eigenvalue weighted by molar-refractivity contribution is 0.0941. The first-order valence-electron chi connectivity index (χ1n) is 5.55. The van der Waals surface area contributed by atoms with Gasteiger partial charge < -0.3 is 5.73 Å². The fourth-order valence-electron chi connectivity index (χ4n) is 2.12. The first kappa shape index (κ1) is 11.9. The maximum absolute atomic E-state index is 11.7. The van der Waals surface area contributed by atoms with Crippen molar-refractivity contribution >= 4 is 11.7 Å². The Morgan fingerprint density at radius 1 is 1.33 bits per heavy atom. The van der Waals surface area contributed by atoms with Crippen molar-refractivity contribution in [2.24, 2.45) is 0 Å². The number of nitrogens with two attached hydrogens (primary N) is 1. The van der Waals surface area contributed by atoms with E-state index in [4.69, 9.17) is 11.0 Å². The van der Waals surface area contributed by atoms with Gasteiger partial charge in [0.25, 0.3) is 0 Å². The molecule has 1 aromatic heterocycles. The molecule has 0 spiro atoms. The van der Waals surface area contributed by atoms with E-state index in [-0.39, 0.29) is 11.7 Å². The SMILES string of the molecule is CC(=O)n1c(N)c(C#N)c(C)c1-c1ccccc1. The van der Waals surface area contributed by atoms with Gasteiger partial charge in [-0.15, -0.1) is 0 Å². The number of hydrogen-bond donors (Lipinski definition) is 1. The van der Waals surface area contributed by atoms with Gasteiger partial charge in [0.1, 0.15) is 11.9 Å². The lowest BCUT2D eigenvalue weighted by Crippen LogP contribution is -2.11. The predicted octanol–water partition coefficient (Wildman–Crippen LogP) is 2.58. The minimum absolute atomic E-state index is 0.198. The lowest BCUT2D eigenvalue weighted by atomic mass is 10.1. The summed E-state index contributed by atoms with van der Waals surface area (Å²) >= 11 is 0. The molecule has 2 N–H and O–H groups in total. The summed E-state index contributed by atoms with van der Waals surface area (Å²) in [6, 6.07) is 11.5. The number of rotatable bonds is 1. The Kier molecular flexibility index (Phi) is 2.90. The van der Waals surface area contributed by atoms with E-state index in [1.807, 2.05) is 30.3 Å². The first-order chi connectivity index (χ1) is 8.57. The molecular formula is C14H13N3O. The Bertz CT molecular complexity index is 648. The van der Waals surface area contributed by atoms with Crippen molar-refractivity contribution in [1.29, 1.82) is 5.26 Å². The van der Waals surface area contributed by atoms with Crippen molar-refractivity contribution in [2.45, 2.75) is 13.8 Å². The molecule has 0 unspecified atom stereocenters. The van der Waals surface area contributed by atoms with Gasteiger partial charge in [-0.1, -0.05) is 30.3 Å². The maximum atomic E-state index is 11.7. The molecule has 0 saturated heterocycles. The highest BCUT2D eigenvalue weighted by atomic mass is 16.1. The molecule has 0 saturated carbocycles. The maximum Gasteiger partial charge on any atom is 0.229 e. The Morgan fingerprint density at radius 2 is 1.94 bits per heavy atom. The van der Waals surface area contributed by atoms with Gasteiger partial charge in [-0.05, 0) is 18.1 Å². The van der Waals surface area contributed by atoms with Crippen molar-refractivity contribution in [1.82, 2.24) is 4.57 Å². The standard InChI is InChI=1S/C14H13N3O/c1-9-12(8-15)14(16)17(10(2)18)13(9)11-6-4-3-5-7-11/h3-7H,16H2,1-2H3. The fraction of sp³-hybridized carbons (Fsp3) is 0.143. The van der Waals surface area contributed by atoms with E-state index >= 15 is 0 Å². The van der Waals surface area contributed by atoms with Crippen LogP contribution in [0.4, 0.5) is 5.82 Å². The quantitative estimate of drug-likeness (QED) is 0.831. The van der Waals surface area contributed by atoms with Crippen LogP contribution in [0.1, 0.15) is 22.8 Å². The van der Waals surface area contributed by atoms with Crippen LogP contribution in [-0.2, 0) is 0 Å². The molecule has 4 nitrogen and oxygen atoms in total. The van der Waals surface area contributed by atoms with Crippen LogP contribution in [0.3, 0.4) is 0 Å². The second-order valence-corrected chi connectivity index (χ2v) is 4.07. The summed E-state index contributed by atoms with van der Waals surface area (Å²) in [7, 11) is 0. The van der Waals surface area contributed by atoms with Gasteiger partial charge in [0.05, 0.1) is 11.3 Å². The van der Waals surface area contributed by atoms with E-state index in [1.165, 1.54) is 11.5 Å². The van der Waals surface area contributed by atoms with E-state index < -0.39 is 0 Å². The number of benzene rings is 1. The van der Waals surface area contributed by atoms with Gasteiger partial charge in [0, 0.05) is 6.92 Å². The van der Waals surface area contributed by atoms with Gasteiger partial charge in [-0.25, -0.2) is 0 Å². The molecule has 2 rings (SSSR count). The third kappa shape index (κ3) is 1.66. The van der Waals surface area contributed by atoms with Crippen LogP contribution in [0.15, 0.2) is 30.3 Å². The zero-order chi connectivity index (χ0) is 13.3. The number of nitriles is 1. The fourth-order valence-corrected chi connectivity index (χ4v) is 2.12. The largest absolute Gasteiger partial charge is 0.384 e. The highest BCUT2D eigenvalue weighted by molar-refractivity contribution is 5.90. The molecule has 0 aliphatic heterocycles. The van der Waals surface area contributed by atoms with E-state index in [9.17, 15) is 4.79 Å². The van der Waals surface area contributed by atoms with Crippen molar-refractivity contribution in [3.05, 3.63) is 41.5 Å². The molecule has 0 atom stereocenters. The summed E-state index contributed by atoms with van der Waals surface area (Å²) in [5, 5.41) is 9.11. The average Bonchev–Trinajstić information content (AvgIpc) is 2.61. The lowest BCUT2D eigenvalue weighted by Gasteiger charge is -2.08. The number of aromatic nitrogens is 1. The molecule has 0 bridgehead atoms. The summed E-state index contributed by atoms with van der Waals surface area (Å²) in [6.45, 7) is 3.24. The molecule has 1 heterocycles. The van der Waals surface area contributed by atoms with Crippen LogP contribution < -0.4 is 5.73 Å². The van der Waals surface area contributed by atoms with Crippen LogP contribution in [0, 0.1) is 18.3 Å². The Hall–Kier alpha value is -2.54. The second kappa shape index (κ2) is 4.38. The van der Waals surface area contributed by atoms with Crippen LogP contribution in [0.25, 0.3) is 11.3 Å². The number of hydrogen-bond acceptors (Lipinski definition) is 3. The minimum Gasteiger partial charge on any atom is -0.384 e. The molecule has 0 aliphatic rings. The smallest absolute Gasteiger partial charge is 0.229 e. The summed E-state index contributed by atoms with van der Waals surface area (Å²) < 4.78 is 1.39. The topological polar surface area (TPSA) is 71.8 Å². The molecule has 0 aliphatic carbocycles. The molecule has 18 heavy (non-hydrogen) atoms. The molecule has 2 aromatic rings. The number of carbonyl (C=O) groups is 1.